The van der Waals surface area contributed by atoms with E-state index in [-0.39, 0.29) is 22.8 Å². The zero-order chi connectivity index (χ0) is 15.4. The normalized spacial score (nSPS) is 11.2. The molecule has 0 atom stereocenters. The summed E-state index contributed by atoms with van der Waals surface area (Å²) in [5.74, 6) is -0.857. The molecule has 7 heteroatoms. The average molecular weight is 306 g/mol. The maximum absolute atomic E-state index is 12.2. The van der Waals surface area contributed by atoms with E-state index in [4.69, 9.17) is 22.5 Å². The van der Waals surface area contributed by atoms with Crippen LogP contribution in [0.5, 0.6) is 5.75 Å². The largest absolute Gasteiger partial charge is 0.507 e. The fraction of sp³-hybridized carbons (Fsp3) is 0. The molecule has 0 spiro atoms. The summed E-state index contributed by atoms with van der Waals surface area (Å²) in [5, 5.41) is 24.3. The van der Waals surface area contributed by atoms with Crippen molar-refractivity contribution >= 4 is 29.0 Å². The summed E-state index contributed by atoms with van der Waals surface area (Å²) in [7, 11) is 0. The number of nitrogens with zero attached hydrogens (tertiary/aromatic N) is 1. The number of nitrogens with one attached hydrogen (secondary N) is 1. The van der Waals surface area contributed by atoms with Crippen LogP contribution in [-0.4, -0.2) is 22.1 Å². The Bertz CT molecular complexity index is 716. The molecule has 108 valence electrons. The number of phenols is 1. The van der Waals surface area contributed by atoms with Crippen LogP contribution in [-0.2, 0) is 0 Å². The predicted molar refractivity (Wildman–Crippen MR) is 80.0 cm³/mol. The first-order chi connectivity index (χ1) is 10.0. The van der Waals surface area contributed by atoms with Crippen molar-refractivity contribution in [3.05, 3.63) is 58.6 Å². The van der Waals surface area contributed by atoms with E-state index in [0.717, 1.165) is 0 Å². The van der Waals surface area contributed by atoms with Crippen LogP contribution < -0.4 is 11.1 Å². The first-order valence-corrected chi connectivity index (χ1v) is 6.27. The molecule has 0 radical (unpaired) electrons. The van der Waals surface area contributed by atoms with E-state index in [1.54, 1.807) is 18.2 Å². The maximum atomic E-state index is 12.2. The predicted octanol–water partition coefficient (Wildman–Crippen LogP) is 2.39. The first kappa shape index (κ1) is 14.7. The second kappa shape index (κ2) is 6.15. The third-order valence-corrected chi connectivity index (χ3v) is 3.00. The number of rotatable bonds is 3. The van der Waals surface area contributed by atoms with Crippen molar-refractivity contribution in [1.82, 2.24) is 0 Å². The summed E-state index contributed by atoms with van der Waals surface area (Å²) in [5.41, 5.74) is 6.23. The molecule has 0 saturated heterocycles. The van der Waals surface area contributed by atoms with Crippen LogP contribution >= 0.6 is 11.6 Å². The van der Waals surface area contributed by atoms with Gasteiger partial charge in [0, 0.05) is 10.6 Å². The number of aromatic hydroxyl groups is 1. The lowest BCUT2D eigenvalue weighted by molar-refractivity contribution is 0.102. The molecule has 5 N–H and O–H groups in total. The molecule has 0 bridgehead atoms. The molecule has 1 amide bonds. The van der Waals surface area contributed by atoms with Gasteiger partial charge in [0.1, 0.15) is 5.75 Å². The molecule has 21 heavy (non-hydrogen) atoms. The molecule has 2 aromatic carbocycles. The van der Waals surface area contributed by atoms with E-state index < -0.39 is 5.91 Å². The highest BCUT2D eigenvalue weighted by molar-refractivity contribution is 6.31. The Kier molecular flexibility index (Phi) is 4.30. The lowest BCUT2D eigenvalue weighted by Crippen LogP contribution is -2.19. The van der Waals surface area contributed by atoms with Crippen LogP contribution in [0.15, 0.2) is 47.6 Å². The Balaban J connectivity index is 2.37. The number of carbonyl (C=O) groups is 1. The number of oxime groups is 1. The van der Waals surface area contributed by atoms with Crippen LogP contribution in [0.3, 0.4) is 0 Å². The Morgan fingerprint density at radius 2 is 1.90 bits per heavy atom. The van der Waals surface area contributed by atoms with Crippen LogP contribution in [0, 0.1) is 0 Å². The van der Waals surface area contributed by atoms with Gasteiger partial charge in [-0.3, -0.25) is 4.79 Å². The quantitative estimate of drug-likeness (QED) is 0.302. The Labute approximate surface area is 125 Å². The summed E-state index contributed by atoms with van der Waals surface area (Å²) in [6, 6.07) is 10.6. The minimum atomic E-state index is -0.539. The first-order valence-electron chi connectivity index (χ1n) is 5.89. The number of hydrogen-bond acceptors (Lipinski definition) is 4. The molecule has 0 aliphatic heterocycles. The van der Waals surface area contributed by atoms with Gasteiger partial charge in [0.2, 0.25) is 0 Å². The SMILES string of the molecule is NC(=NO)c1ccc(Cl)cc1NC(=O)c1ccccc1O. The van der Waals surface area contributed by atoms with E-state index in [1.807, 2.05) is 0 Å². The van der Waals surface area contributed by atoms with Gasteiger partial charge in [-0.1, -0.05) is 28.9 Å². The highest BCUT2D eigenvalue weighted by Crippen LogP contribution is 2.23. The van der Waals surface area contributed by atoms with Gasteiger partial charge in [0.05, 0.1) is 11.3 Å². The molecule has 0 saturated carbocycles. The third-order valence-electron chi connectivity index (χ3n) is 2.76. The lowest BCUT2D eigenvalue weighted by Gasteiger charge is -2.11. The van der Waals surface area contributed by atoms with Crippen LogP contribution in [0.1, 0.15) is 15.9 Å². The van der Waals surface area contributed by atoms with Gasteiger partial charge < -0.3 is 21.4 Å². The number of amides is 1. The topological polar surface area (TPSA) is 108 Å². The highest BCUT2D eigenvalue weighted by Gasteiger charge is 2.14. The molecular formula is C14H12ClN3O3. The van der Waals surface area contributed by atoms with Crippen molar-refractivity contribution in [2.45, 2.75) is 0 Å². The molecule has 0 heterocycles. The summed E-state index contributed by atoms with van der Waals surface area (Å²) in [6.45, 7) is 0. The molecule has 0 aromatic heterocycles. The zero-order valence-corrected chi connectivity index (χ0v) is 11.5. The molecular weight excluding hydrogens is 294 g/mol. The molecule has 2 rings (SSSR count). The number of nitrogens with two attached hydrogens (primary N) is 1. The minimum Gasteiger partial charge on any atom is -0.507 e. The molecule has 0 unspecified atom stereocenters. The summed E-state index contributed by atoms with van der Waals surface area (Å²) in [4.78, 5) is 12.2. The van der Waals surface area contributed by atoms with Gasteiger partial charge in [-0.25, -0.2) is 0 Å². The minimum absolute atomic E-state index is 0.0999. The molecule has 2 aromatic rings. The van der Waals surface area contributed by atoms with Crippen molar-refractivity contribution in [2.24, 2.45) is 10.9 Å². The van der Waals surface area contributed by atoms with Crippen molar-refractivity contribution < 1.29 is 15.1 Å². The number of para-hydroxylation sites is 1. The van der Waals surface area contributed by atoms with Crippen LogP contribution in [0.4, 0.5) is 5.69 Å². The smallest absolute Gasteiger partial charge is 0.259 e. The van der Waals surface area contributed by atoms with E-state index in [1.165, 1.54) is 24.3 Å². The third kappa shape index (κ3) is 3.24. The van der Waals surface area contributed by atoms with Gasteiger partial charge in [-0.15, -0.1) is 0 Å². The average Bonchev–Trinajstić information content (AvgIpc) is 2.47. The van der Waals surface area contributed by atoms with Gasteiger partial charge in [-0.2, -0.15) is 0 Å². The van der Waals surface area contributed by atoms with E-state index >= 15 is 0 Å². The Hall–Kier alpha value is -2.73. The van der Waals surface area contributed by atoms with Crippen molar-refractivity contribution in [2.75, 3.05) is 5.32 Å². The van der Waals surface area contributed by atoms with Crippen molar-refractivity contribution in [3.63, 3.8) is 0 Å². The number of benzene rings is 2. The second-order valence-electron chi connectivity index (χ2n) is 4.15. The molecule has 6 nitrogen and oxygen atoms in total. The highest BCUT2D eigenvalue weighted by atomic mass is 35.5. The second-order valence-corrected chi connectivity index (χ2v) is 4.58. The maximum Gasteiger partial charge on any atom is 0.259 e. The summed E-state index contributed by atoms with van der Waals surface area (Å²) < 4.78 is 0. The van der Waals surface area contributed by atoms with E-state index in [0.29, 0.717) is 10.6 Å². The number of halogens is 1. The summed E-state index contributed by atoms with van der Waals surface area (Å²) in [6.07, 6.45) is 0. The Morgan fingerprint density at radius 3 is 2.57 bits per heavy atom. The zero-order valence-electron chi connectivity index (χ0n) is 10.7. The van der Waals surface area contributed by atoms with Crippen LogP contribution in [0.2, 0.25) is 5.02 Å². The lowest BCUT2D eigenvalue weighted by atomic mass is 10.1. The summed E-state index contributed by atoms with van der Waals surface area (Å²) >= 11 is 5.88. The molecule has 0 fully saturated rings. The van der Waals surface area contributed by atoms with Crippen molar-refractivity contribution in [1.29, 1.82) is 0 Å². The van der Waals surface area contributed by atoms with Gasteiger partial charge in [0.15, 0.2) is 5.84 Å². The number of anilines is 1. The van der Waals surface area contributed by atoms with Gasteiger partial charge >= 0.3 is 0 Å². The van der Waals surface area contributed by atoms with E-state index in [2.05, 4.69) is 10.5 Å². The fourth-order valence-electron chi connectivity index (χ4n) is 1.75. The van der Waals surface area contributed by atoms with Gasteiger partial charge in [0.25, 0.3) is 5.91 Å². The molecule has 0 aliphatic carbocycles. The number of hydrogen-bond donors (Lipinski definition) is 4. The van der Waals surface area contributed by atoms with Crippen molar-refractivity contribution in [3.8, 4) is 5.75 Å². The van der Waals surface area contributed by atoms with E-state index in [9.17, 15) is 9.90 Å². The fourth-order valence-corrected chi connectivity index (χ4v) is 1.92. The number of amidine groups is 1. The monoisotopic (exact) mass is 305 g/mol. The number of phenolic OH excluding ortho intramolecular Hbond substituents is 1. The number of carbonyl (C=O) groups excluding carboxylic acids is 1. The molecule has 0 aliphatic rings. The van der Waals surface area contributed by atoms with Crippen LogP contribution in [0.25, 0.3) is 0 Å². The Morgan fingerprint density at radius 1 is 1.19 bits per heavy atom. The standard InChI is InChI=1S/C14H12ClN3O3/c15-8-5-6-9(13(16)18-21)11(7-8)17-14(20)10-3-1-2-4-12(10)19/h1-7,19,21H,(H2,16,18)(H,17,20). The van der Waals surface area contributed by atoms with Gasteiger partial charge in [-0.05, 0) is 30.3 Å².